The smallest absolute Gasteiger partial charge is 0.287 e. The van der Waals surface area contributed by atoms with Crippen molar-refractivity contribution in [2.45, 2.75) is 6.92 Å². The van der Waals surface area contributed by atoms with Gasteiger partial charge in [-0.2, -0.15) is 0 Å². The maximum atomic E-state index is 14.2. The van der Waals surface area contributed by atoms with Crippen molar-refractivity contribution in [2.75, 3.05) is 12.3 Å². The molecule has 0 bridgehead atoms. The van der Waals surface area contributed by atoms with Gasteiger partial charge in [-0.05, 0) is 37.3 Å². The zero-order chi connectivity index (χ0) is 23.0. The van der Waals surface area contributed by atoms with Crippen molar-refractivity contribution in [1.82, 2.24) is 9.88 Å². The summed E-state index contributed by atoms with van der Waals surface area (Å²) in [5.41, 5.74) is 6.94. The molecular formula is C23H19F2N3O4. The van der Waals surface area contributed by atoms with Gasteiger partial charge in [0, 0.05) is 48.7 Å². The molecule has 0 saturated heterocycles. The van der Waals surface area contributed by atoms with Crippen LogP contribution in [0.25, 0.3) is 22.1 Å². The first-order valence-electron chi connectivity index (χ1n) is 9.72. The molecule has 2 aromatic carbocycles. The highest BCUT2D eigenvalue weighted by Crippen LogP contribution is 2.39. The second-order valence-corrected chi connectivity index (χ2v) is 7.10. The number of halogens is 2. The summed E-state index contributed by atoms with van der Waals surface area (Å²) in [6.07, 6.45) is 1.51. The molecule has 7 nitrogen and oxygen atoms in total. The number of ether oxygens (including phenoxy) is 1. The number of hydrogen-bond acceptors (Lipinski definition) is 5. The quantitative estimate of drug-likeness (QED) is 0.454. The number of nitrogens with two attached hydrogens (primary N) is 1. The Kier molecular flexibility index (Phi) is 5.40. The van der Waals surface area contributed by atoms with Gasteiger partial charge in [0.05, 0.1) is 5.39 Å². The van der Waals surface area contributed by atoms with Crippen molar-refractivity contribution < 1.29 is 22.7 Å². The van der Waals surface area contributed by atoms with E-state index in [1.807, 2.05) is 0 Å². The Morgan fingerprint density at radius 1 is 1.12 bits per heavy atom. The third-order valence-corrected chi connectivity index (χ3v) is 4.82. The first kappa shape index (κ1) is 21.1. The van der Waals surface area contributed by atoms with Gasteiger partial charge in [-0.25, -0.2) is 8.78 Å². The van der Waals surface area contributed by atoms with Crippen LogP contribution in [0, 0.1) is 11.6 Å². The van der Waals surface area contributed by atoms with Crippen LogP contribution in [0.2, 0.25) is 0 Å². The molecule has 4 aromatic rings. The van der Waals surface area contributed by atoms with Crippen LogP contribution in [0.1, 0.15) is 17.5 Å². The van der Waals surface area contributed by atoms with Gasteiger partial charge in [0.15, 0.2) is 17.3 Å². The van der Waals surface area contributed by atoms with Crippen LogP contribution in [-0.2, 0) is 7.05 Å². The van der Waals surface area contributed by atoms with Crippen molar-refractivity contribution in [3.05, 3.63) is 76.4 Å². The molecule has 1 amide bonds. The van der Waals surface area contributed by atoms with Crippen molar-refractivity contribution in [2.24, 2.45) is 7.05 Å². The summed E-state index contributed by atoms with van der Waals surface area (Å²) in [5, 5.41) is 2.81. The standard InChI is InChI=1S/C23H19F2N3O4/c1-3-27-22(29)20-10-15-21(32-20)16(11-28(2)23(15)30)14-9-13(26)5-7-18(14)31-19-6-4-12(24)8-17(19)25/h4-11H,3,26H2,1-2H3,(H,27,29). The monoisotopic (exact) mass is 439 g/mol. The van der Waals surface area contributed by atoms with E-state index in [4.69, 9.17) is 14.9 Å². The Balaban J connectivity index is 1.92. The number of nitrogens with one attached hydrogen (secondary N) is 1. The van der Waals surface area contributed by atoms with E-state index >= 15 is 0 Å². The van der Waals surface area contributed by atoms with Crippen LogP contribution in [0.5, 0.6) is 11.5 Å². The van der Waals surface area contributed by atoms with E-state index in [1.54, 1.807) is 26.1 Å². The molecule has 0 aliphatic rings. The summed E-state index contributed by atoms with van der Waals surface area (Å²) in [5.74, 6) is -2.10. The average Bonchev–Trinajstić information content (AvgIpc) is 3.20. The number of fused-ring (bicyclic) bond motifs is 1. The fourth-order valence-corrected chi connectivity index (χ4v) is 3.33. The molecule has 0 unspecified atom stereocenters. The predicted octanol–water partition coefficient (Wildman–Crippen LogP) is 4.20. The van der Waals surface area contributed by atoms with Gasteiger partial charge in [0.2, 0.25) is 0 Å². The molecule has 9 heteroatoms. The maximum Gasteiger partial charge on any atom is 0.287 e. The topological polar surface area (TPSA) is 99.5 Å². The van der Waals surface area contributed by atoms with Crippen molar-refractivity contribution >= 4 is 22.6 Å². The number of amides is 1. The third kappa shape index (κ3) is 3.80. The minimum absolute atomic E-state index is 0.0256. The zero-order valence-corrected chi connectivity index (χ0v) is 17.2. The van der Waals surface area contributed by atoms with Crippen LogP contribution in [-0.4, -0.2) is 17.0 Å². The van der Waals surface area contributed by atoms with Crippen LogP contribution in [0.15, 0.2) is 57.9 Å². The van der Waals surface area contributed by atoms with E-state index < -0.39 is 17.5 Å². The molecule has 32 heavy (non-hydrogen) atoms. The van der Waals surface area contributed by atoms with E-state index in [-0.39, 0.29) is 33.8 Å². The van der Waals surface area contributed by atoms with Gasteiger partial charge in [-0.15, -0.1) is 0 Å². The molecule has 0 fully saturated rings. The second-order valence-electron chi connectivity index (χ2n) is 7.10. The molecule has 0 atom stereocenters. The van der Waals surface area contributed by atoms with E-state index in [0.29, 0.717) is 29.4 Å². The molecule has 2 aromatic heterocycles. The molecule has 0 radical (unpaired) electrons. The first-order valence-corrected chi connectivity index (χ1v) is 9.72. The van der Waals surface area contributed by atoms with Crippen LogP contribution >= 0.6 is 0 Å². The molecule has 4 rings (SSSR count). The number of carbonyl (C=O) groups is 1. The Hall–Kier alpha value is -4.14. The Labute approximate surface area is 181 Å². The number of benzene rings is 2. The van der Waals surface area contributed by atoms with Crippen molar-refractivity contribution in [3.63, 3.8) is 0 Å². The summed E-state index contributed by atoms with van der Waals surface area (Å²) in [6, 6.07) is 8.98. The van der Waals surface area contributed by atoms with E-state index in [2.05, 4.69) is 5.32 Å². The minimum Gasteiger partial charge on any atom is -0.454 e. The van der Waals surface area contributed by atoms with Gasteiger partial charge >= 0.3 is 0 Å². The number of nitrogens with zero attached hydrogens (tertiary/aromatic N) is 1. The molecule has 0 aliphatic carbocycles. The first-order chi connectivity index (χ1) is 15.3. The number of nitrogen functional groups attached to an aromatic ring is 1. The second kappa shape index (κ2) is 8.18. The number of aryl methyl sites for hydroxylation is 1. The van der Waals surface area contributed by atoms with Crippen LogP contribution in [0.3, 0.4) is 0 Å². The van der Waals surface area contributed by atoms with E-state index in [1.165, 1.54) is 29.0 Å². The molecule has 3 N–H and O–H groups in total. The lowest BCUT2D eigenvalue weighted by atomic mass is 10.0. The zero-order valence-electron chi connectivity index (χ0n) is 17.2. The molecule has 164 valence electrons. The van der Waals surface area contributed by atoms with E-state index in [9.17, 15) is 18.4 Å². The summed E-state index contributed by atoms with van der Waals surface area (Å²) >= 11 is 0. The molecule has 0 saturated carbocycles. The van der Waals surface area contributed by atoms with Gasteiger partial charge in [-0.1, -0.05) is 0 Å². The minimum atomic E-state index is -0.880. The summed E-state index contributed by atoms with van der Waals surface area (Å²) in [7, 11) is 1.55. The Bertz CT molecular complexity index is 1410. The molecular weight excluding hydrogens is 420 g/mol. The number of carbonyl (C=O) groups excluding carboxylic acids is 1. The summed E-state index contributed by atoms with van der Waals surface area (Å²) in [6.45, 7) is 2.15. The Morgan fingerprint density at radius 2 is 1.88 bits per heavy atom. The largest absolute Gasteiger partial charge is 0.454 e. The lowest BCUT2D eigenvalue weighted by molar-refractivity contribution is 0.0930. The number of aromatic nitrogens is 1. The van der Waals surface area contributed by atoms with E-state index in [0.717, 1.165) is 6.07 Å². The SMILES string of the molecule is CCNC(=O)c1cc2c(=O)n(C)cc(-c3cc(N)ccc3Oc3ccc(F)cc3F)c2o1. The number of furan rings is 1. The fourth-order valence-electron chi connectivity index (χ4n) is 3.33. The molecule has 2 heterocycles. The highest BCUT2D eigenvalue weighted by atomic mass is 19.1. The Morgan fingerprint density at radius 3 is 2.59 bits per heavy atom. The number of anilines is 1. The third-order valence-electron chi connectivity index (χ3n) is 4.82. The van der Waals surface area contributed by atoms with Gasteiger partial charge in [0.25, 0.3) is 11.5 Å². The average molecular weight is 439 g/mol. The highest BCUT2D eigenvalue weighted by Gasteiger charge is 2.21. The highest BCUT2D eigenvalue weighted by molar-refractivity contribution is 6.00. The molecule has 0 aliphatic heterocycles. The number of rotatable bonds is 5. The maximum absolute atomic E-state index is 14.2. The van der Waals surface area contributed by atoms with Gasteiger partial charge in [0.1, 0.15) is 17.1 Å². The summed E-state index contributed by atoms with van der Waals surface area (Å²) in [4.78, 5) is 24.9. The van der Waals surface area contributed by atoms with Crippen molar-refractivity contribution in [3.8, 4) is 22.6 Å². The summed E-state index contributed by atoms with van der Waals surface area (Å²) < 4.78 is 40.2. The lowest BCUT2D eigenvalue weighted by Crippen LogP contribution is -2.22. The van der Waals surface area contributed by atoms with Crippen LogP contribution in [0.4, 0.5) is 14.5 Å². The predicted molar refractivity (Wildman–Crippen MR) is 116 cm³/mol. The van der Waals surface area contributed by atoms with Crippen LogP contribution < -0.4 is 21.3 Å². The van der Waals surface area contributed by atoms with Gasteiger partial charge in [-0.3, -0.25) is 9.59 Å². The molecule has 0 spiro atoms. The number of hydrogen-bond donors (Lipinski definition) is 2. The number of pyridine rings is 1. The lowest BCUT2D eigenvalue weighted by Gasteiger charge is -2.14. The van der Waals surface area contributed by atoms with Crippen molar-refractivity contribution in [1.29, 1.82) is 0 Å². The van der Waals surface area contributed by atoms with Gasteiger partial charge < -0.3 is 24.8 Å². The normalized spacial score (nSPS) is 11.0. The fraction of sp³-hybridized carbons (Fsp3) is 0.130.